The molecular formula is C17H33NO3Si. The van der Waals surface area contributed by atoms with E-state index in [-0.39, 0.29) is 23.7 Å². The van der Waals surface area contributed by atoms with Crippen molar-refractivity contribution in [2.24, 2.45) is 11.8 Å². The molecule has 0 aliphatic rings. The molecule has 0 aliphatic carbocycles. The molecule has 0 unspecified atom stereocenters. The van der Waals surface area contributed by atoms with Crippen LogP contribution in [0.15, 0.2) is 12.3 Å². The highest BCUT2D eigenvalue weighted by molar-refractivity contribution is 6.73. The summed E-state index contributed by atoms with van der Waals surface area (Å²) < 4.78 is 6.60. The maximum Gasteiger partial charge on any atom is 0.213 e. The van der Waals surface area contributed by atoms with E-state index in [1.807, 2.05) is 13.0 Å². The van der Waals surface area contributed by atoms with E-state index in [1.165, 1.54) is 4.90 Å². The third-order valence-corrected chi connectivity index (χ3v) is 9.40. The summed E-state index contributed by atoms with van der Waals surface area (Å²) in [7, 11) is -0.0876. The minimum Gasteiger partial charge on any atom is -0.413 e. The lowest BCUT2D eigenvalue weighted by Gasteiger charge is -2.37. The summed E-state index contributed by atoms with van der Waals surface area (Å²) in [5.74, 6) is 0.0933. The second kappa shape index (κ2) is 9.95. The summed E-state index contributed by atoms with van der Waals surface area (Å²) in [5.41, 5.74) is 0. The van der Waals surface area contributed by atoms with Gasteiger partial charge in [0.15, 0.2) is 8.32 Å². The largest absolute Gasteiger partial charge is 0.413 e. The molecule has 0 saturated heterocycles. The second-order valence-corrected chi connectivity index (χ2v) is 10.9. The fourth-order valence-electron chi connectivity index (χ4n) is 2.60. The van der Waals surface area contributed by atoms with Gasteiger partial charge >= 0.3 is 0 Å². The Kier molecular flexibility index (Phi) is 9.52. The highest BCUT2D eigenvalue weighted by Crippen LogP contribution is 2.29. The van der Waals surface area contributed by atoms with Gasteiger partial charge in [-0.2, -0.15) is 0 Å². The van der Waals surface area contributed by atoms with Gasteiger partial charge in [0.2, 0.25) is 6.41 Å². The van der Waals surface area contributed by atoms with E-state index < -0.39 is 8.32 Å². The Balaban J connectivity index is 5.32. The van der Waals surface area contributed by atoms with Crippen molar-refractivity contribution in [3.05, 3.63) is 12.3 Å². The summed E-state index contributed by atoms with van der Waals surface area (Å²) in [6, 6.07) is 3.18. The molecule has 0 N–H and O–H groups in total. The van der Waals surface area contributed by atoms with Gasteiger partial charge in [-0.05, 0) is 25.1 Å². The van der Waals surface area contributed by atoms with Gasteiger partial charge in [0, 0.05) is 25.1 Å². The average molecular weight is 328 g/mol. The Hall–Kier alpha value is -0.943. The van der Waals surface area contributed by atoms with Crippen molar-refractivity contribution in [2.45, 2.75) is 65.8 Å². The van der Waals surface area contributed by atoms with Crippen LogP contribution in [0.2, 0.25) is 18.1 Å². The van der Waals surface area contributed by atoms with Crippen molar-refractivity contribution in [1.29, 1.82) is 0 Å². The number of Topliss-reactive ketones (excluding diaryl/α,β-unsaturated/α-hetero) is 1. The molecule has 0 aromatic heterocycles. The first-order chi connectivity index (χ1) is 10.3. The Morgan fingerprint density at radius 1 is 1.18 bits per heavy atom. The third kappa shape index (κ3) is 6.05. The van der Waals surface area contributed by atoms with Crippen molar-refractivity contribution in [3.63, 3.8) is 0 Å². The number of hydrogen-bond donors (Lipinski definition) is 0. The van der Waals surface area contributed by atoms with E-state index in [0.717, 1.165) is 24.5 Å². The maximum absolute atomic E-state index is 11.9. The number of hydrogen-bond acceptors (Lipinski definition) is 3. The molecule has 0 aliphatic heterocycles. The van der Waals surface area contributed by atoms with E-state index >= 15 is 0 Å². The molecule has 0 heterocycles. The highest BCUT2D eigenvalue weighted by atomic mass is 28.4. The molecule has 0 radical (unpaired) electrons. The minimum atomic E-state index is -1.79. The molecule has 4 nitrogen and oxygen atoms in total. The van der Waals surface area contributed by atoms with Crippen molar-refractivity contribution in [1.82, 2.24) is 4.90 Å². The molecule has 0 rings (SSSR count). The van der Waals surface area contributed by atoms with Gasteiger partial charge in [0.05, 0.1) is 6.10 Å². The zero-order valence-electron chi connectivity index (χ0n) is 15.3. The highest BCUT2D eigenvalue weighted by Gasteiger charge is 2.36. The molecule has 0 spiro atoms. The zero-order valence-corrected chi connectivity index (χ0v) is 16.3. The fraction of sp³-hybridized carbons (Fsp3) is 0.765. The lowest BCUT2D eigenvalue weighted by Crippen LogP contribution is -2.45. The van der Waals surface area contributed by atoms with Gasteiger partial charge in [0.1, 0.15) is 5.78 Å². The van der Waals surface area contributed by atoms with Crippen molar-refractivity contribution < 1.29 is 14.0 Å². The second-order valence-electron chi connectivity index (χ2n) is 6.20. The predicted molar refractivity (Wildman–Crippen MR) is 94.0 cm³/mol. The van der Waals surface area contributed by atoms with Crippen LogP contribution >= 0.6 is 0 Å². The zero-order chi connectivity index (χ0) is 17.3. The normalized spacial score (nSPS) is 16.3. The van der Waals surface area contributed by atoms with Crippen LogP contribution < -0.4 is 0 Å². The lowest BCUT2D eigenvalue weighted by atomic mass is 9.91. The van der Waals surface area contributed by atoms with Crippen molar-refractivity contribution in [2.75, 3.05) is 7.05 Å². The van der Waals surface area contributed by atoms with Crippen LogP contribution in [0.1, 0.15) is 41.5 Å². The van der Waals surface area contributed by atoms with Crippen LogP contribution in [0.3, 0.4) is 0 Å². The number of rotatable bonds is 11. The van der Waals surface area contributed by atoms with Crippen molar-refractivity contribution >= 4 is 20.5 Å². The summed E-state index contributed by atoms with van der Waals surface area (Å²) in [4.78, 5) is 24.0. The number of carbonyl (C=O) groups excluding carboxylic acids is 2. The first-order valence-corrected chi connectivity index (χ1v) is 10.8. The molecule has 22 heavy (non-hydrogen) atoms. The first-order valence-electron chi connectivity index (χ1n) is 8.30. The fourth-order valence-corrected chi connectivity index (χ4v) is 5.60. The summed E-state index contributed by atoms with van der Waals surface area (Å²) >= 11 is 0. The Bertz CT molecular complexity index is 372. The van der Waals surface area contributed by atoms with Gasteiger partial charge in [0.25, 0.3) is 0 Å². The number of ketones is 1. The molecule has 0 aromatic carbocycles. The smallest absolute Gasteiger partial charge is 0.213 e. The molecule has 0 fully saturated rings. The van der Waals surface area contributed by atoms with Gasteiger partial charge < -0.3 is 9.33 Å². The van der Waals surface area contributed by atoms with Gasteiger partial charge in [-0.15, -0.1) is 0 Å². The van der Waals surface area contributed by atoms with E-state index in [9.17, 15) is 9.59 Å². The molecule has 0 bridgehead atoms. The minimum absolute atomic E-state index is 0.0813. The number of carbonyl (C=O) groups is 2. The van der Waals surface area contributed by atoms with Crippen molar-refractivity contribution in [3.8, 4) is 0 Å². The monoisotopic (exact) mass is 327 g/mol. The average Bonchev–Trinajstić information content (AvgIpc) is 2.53. The summed E-state index contributed by atoms with van der Waals surface area (Å²) in [6.45, 7) is 12.2. The summed E-state index contributed by atoms with van der Waals surface area (Å²) in [6.07, 6.45) is 4.34. The third-order valence-electron chi connectivity index (χ3n) is 4.76. The Labute approximate surface area is 137 Å². The van der Waals surface area contributed by atoms with E-state index in [2.05, 4.69) is 27.7 Å². The molecule has 0 saturated carbocycles. The topological polar surface area (TPSA) is 46.6 Å². The maximum atomic E-state index is 11.9. The molecule has 5 heteroatoms. The molecular weight excluding hydrogens is 294 g/mol. The lowest BCUT2D eigenvalue weighted by molar-refractivity contribution is -0.123. The van der Waals surface area contributed by atoms with Crippen LogP contribution in [0.4, 0.5) is 0 Å². The van der Waals surface area contributed by atoms with E-state index in [4.69, 9.17) is 4.43 Å². The molecule has 0 aromatic rings. The molecule has 3 atom stereocenters. The molecule has 128 valence electrons. The molecule has 1 amide bonds. The summed E-state index contributed by atoms with van der Waals surface area (Å²) in [5, 5.41) is 0. The standard InChI is InChI=1S/C17H33NO3Si/c1-8-22(9-2,10-3)21-17(15(5)16(6)20)14(4)11-12-18(7)13-19/h11-15,17H,8-10H2,1-7H3/b12-11-/t14-,15+,17-/m1/s1. The van der Waals surface area contributed by atoms with Crippen LogP contribution in [0.5, 0.6) is 0 Å². The van der Waals surface area contributed by atoms with Crippen LogP contribution in [-0.4, -0.2) is 38.6 Å². The quantitative estimate of drug-likeness (QED) is 0.428. The van der Waals surface area contributed by atoms with Gasteiger partial charge in [-0.1, -0.05) is 40.7 Å². The van der Waals surface area contributed by atoms with Crippen LogP contribution in [0.25, 0.3) is 0 Å². The number of amides is 1. The van der Waals surface area contributed by atoms with E-state index in [1.54, 1.807) is 20.2 Å². The Morgan fingerprint density at radius 3 is 2.05 bits per heavy atom. The van der Waals surface area contributed by atoms with Crippen LogP contribution in [0, 0.1) is 11.8 Å². The van der Waals surface area contributed by atoms with Crippen LogP contribution in [-0.2, 0) is 14.0 Å². The number of nitrogens with zero attached hydrogens (tertiary/aromatic N) is 1. The van der Waals surface area contributed by atoms with Gasteiger partial charge in [-0.3, -0.25) is 9.59 Å². The van der Waals surface area contributed by atoms with Gasteiger partial charge in [-0.25, -0.2) is 0 Å². The predicted octanol–water partition coefficient (Wildman–Crippen LogP) is 3.84. The SMILES string of the molecule is CC[Si](CC)(CC)O[C@H]([C@H](C)/C=C\N(C)C=O)[C@@H](C)C(C)=O. The Morgan fingerprint density at radius 2 is 1.68 bits per heavy atom. The van der Waals surface area contributed by atoms with E-state index in [0.29, 0.717) is 0 Å². The first kappa shape index (κ1) is 21.1.